The van der Waals surface area contributed by atoms with Crippen molar-refractivity contribution in [3.8, 4) is 0 Å². The number of nitrogens with zero attached hydrogens (tertiary/aromatic N) is 1. The summed E-state index contributed by atoms with van der Waals surface area (Å²) in [7, 11) is 0. The summed E-state index contributed by atoms with van der Waals surface area (Å²) in [5.41, 5.74) is 2.09. The Balaban J connectivity index is 2.51. The highest BCUT2D eigenvalue weighted by Gasteiger charge is 2.30. The van der Waals surface area contributed by atoms with Crippen molar-refractivity contribution >= 4 is 12.2 Å². The molecule has 0 amide bonds. The van der Waals surface area contributed by atoms with E-state index >= 15 is 0 Å². The van der Waals surface area contributed by atoms with Crippen molar-refractivity contribution in [2.45, 2.75) is 6.18 Å². The third-order valence-corrected chi connectivity index (χ3v) is 1.31. The van der Waals surface area contributed by atoms with Crippen molar-refractivity contribution < 1.29 is 22.7 Å². The Labute approximate surface area is 83.1 Å². The first-order chi connectivity index (χ1) is 6.99. The normalized spacial score (nSPS) is 15.3. The highest BCUT2D eigenvalue weighted by Crippen LogP contribution is 2.15. The van der Waals surface area contributed by atoms with Crippen LogP contribution < -0.4 is 5.43 Å². The van der Waals surface area contributed by atoms with Crippen LogP contribution >= 0.6 is 0 Å². The largest absolute Gasteiger partial charge is 0.451 e. The van der Waals surface area contributed by atoms with Crippen molar-refractivity contribution in [3.63, 3.8) is 0 Å². The Bertz CT molecular complexity index is 331. The molecular weight excluding hydrogens is 213 g/mol. The first kappa shape index (κ1) is 11.3. The van der Waals surface area contributed by atoms with Gasteiger partial charge in [-0.3, -0.25) is 5.43 Å². The van der Waals surface area contributed by atoms with Crippen LogP contribution in [0, 0.1) is 0 Å². The fourth-order valence-corrected chi connectivity index (χ4v) is 0.727. The number of alkyl halides is 3. The number of esters is 1. The van der Waals surface area contributed by atoms with E-state index in [-0.39, 0.29) is 5.70 Å². The second kappa shape index (κ2) is 4.63. The van der Waals surface area contributed by atoms with Crippen molar-refractivity contribution in [2.75, 3.05) is 6.61 Å². The van der Waals surface area contributed by atoms with Crippen LogP contribution in [0.4, 0.5) is 13.2 Å². The van der Waals surface area contributed by atoms with Crippen molar-refractivity contribution in [3.05, 3.63) is 23.9 Å². The number of nitrogens with one attached hydrogen (secondary N) is 1. The molecule has 0 aromatic rings. The number of hydrazone groups is 1. The Morgan fingerprint density at radius 1 is 1.47 bits per heavy atom. The van der Waals surface area contributed by atoms with Gasteiger partial charge in [-0.25, -0.2) is 4.79 Å². The molecule has 82 valence electrons. The number of ether oxygens (including phenoxy) is 1. The van der Waals surface area contributed by atoms with Crippen molar-refractivity contribution in [1.29, 1.82) is 0 Å². The minimum Gasteiger partial charge on any atom is -0.451 e. The molecule has 0 saturated heterocycles. The molecule has 0 aromatic heterocycles. The lowest BCUT2D eigenvalue weighted by molar-refractivity contribution is -0.183. The summed E-state index contributed by atoms with van der Waals surface area (Å²) in [5, 5.41) is 3.51. The fourth-order valence-electron chi connectivity index (χ4n) is 0.727. The molecule has 0 aromatic carbocycles. The smallest absolute Gasteiger partial charge is 0.422 e. The summed E-state index contributed by atoms with van der Waals surface area (Å²) in [4.78, 5) is 11.0. The van der Waals surface area contributed by atoms with Gasteiger partial charge in [0.05, 0.1) is 0 Å². The molecule has 0 fully saturated rings. The van der Waals surface area contributed by atoms with Gasteiger partial charge in [0.1, 0.15) is 5.70 Å². The van der Waals surface area contributed by atoms with Crippen LogP contribution in [0.15, 0.2) is 29.0 Å². The number of hydrogen-bond acceptors (Lipinski definition) is 4. The van der Waals surface area contributed by atoms with Crippen molar-refractivity contribution in [1.82, 2.24) is 5.43 Å². The van der Waals surface area contributed by atoms with Crippen LogP contribution in [0.3, 0.4) is 0 Å². The molecule has 1 aliphatic rings. The zero-order valence-electron chi connectivity index (χ0n) is 7.41. The number of halogens is 3. The van der Waals surface area contributed by atoms with E-state index in [0.717, 1.165) is 0 Å². The van der Waals surface area contributed by atoms with Crippen LogP contribution in [0.1, 0.15) is 0 Å². The molecule has 0 aliphatic carbocycles. The fraction of sp³-hybridized carbons (Fsp3) is 0.250. The van der Waals surface area contributed by atoms with E-state index in [4.69, 9.17) is 0 Å². The van der Waals surface area contributed by atoms with Gasteiger partial charge >= 0.3 is 12.1 Å². The summed E-state index contributed by atoms with van der Waals surface area (Å²) in [6, 6.07) is 0. The lowest BCUT2D eigenvalue weighted by Crippen LogP contribution is -2.24. The summed E-state index contributed by atoms with van der Waals surface area (Å²) in [6.07, 6.45) is 1.05. The molecule has 1 heterocycles. The first-order valence-corrected chi connectivity index (χ1v) is 3.89. The standard InChI is InChI=1S/C8H7F3N2O2/c9-8(10,11)5-15-7(14)6-3-1-2-4-12-13-6/h1-4,13H,5H2. The van der Waals surface area contributed by atoms with Gasteiger partial charge in [0.25, 0.3) is 0 Å². The van der Waals surface area contributed by atoms with Crippen LogP contribution in [0.25, 0.3) is 0 Å². The lowest BCUT2D eigenvalue weighted by Gasteiger charge is -2.08. The Morgan fingerprint density at radius 2 is 2.20 bits per heavy atom. The monoisotopic (exact) mass is 220 g/mol. The molecular formula is C8H7F3N2O2. The molecule has 0 unspecified atom stereocenters. The van der Waals surface area contributed by atoms with Gasteiger partial charge in [0.2, 0.25) is 0 Å². The van der Waals surface area contributed by atoms with Crippen LogP contribution in [0.2, 0.25) is 0 Å². The van der Waals surface area contributed by atoms with E-state index in [1.165, 1.54) is 24.4 Å². The van der Waals surface area contributed by atoms with E-state index in [1.54, 1.807) is 0 Å². The molecule has 1 aliphatic heterocycles. The zero-order chi connectivity index (χ0) is 11.3. The minimum atomic E-state index is -4.53. The number of carbonyl (C=O) groups excluding carboxylic acids is 1. The van der Waals surface area contributed by atoms with E-state index in [1.807, 2.05) is 0 Å². The van der Waals surface area contributed by atoms with Gasteiger partial charge in [0.15, 0.2) is 6.61 Å². The molecule has 0 radical (unpaired) electrons. The Kier molecular flexibility index (Phi) is 3.48. The minimum absolute atomic E-state index is 0.149. The number of hydrogen-bond donors (Lipinski definition) is 1. The topological polar surface area (TPSA) is 50.7 Å². The number of carbonyl (C=O) groups is 1. The average Bonchev–Trinajstić information content (AvgIpc) is 2.41. The van der Waals surface area contributed by atoms with E-state index < -0.39 is 18.8 Å². The first-order valence-electron chi connectivity index (χ1n) is 3.89. The van der Waals surface area contributed by atoms with E-state index in [9.17, 15) is 18.0 Å². The summed E-state index contributed by atoms with van der Waals surface area (Å²) >= 11 is 0. The predicted molar refractivity (Wildman–Crippen MR) is 45.9 cm³/mol. The molecule has 1 N–H and O–H groups in total. The van der Waals surface area contributed by atoms with Gasteiger partial charge < -0.3 is 4.74 Å². The molecule has 0 atom stereocenters. The molecule has 4 nitrogen and oxygen atoms in total. The summed E-state index contributed by atoms with van der Waals surface area (Å²) in [5.74, 6) is -1.10. The summed E-state index contributed by atoms with van der Waals surface area (Å²) in [6.45, 7) is -1.61. The molecule has 1 rings (SSSR count). The van der Waals surface area contributed by atoms with Gasteiger partial charge in [-0.1, -0.05) is 6.08 Å². The second-order valence-corrected chi connectivity index (χ2v) is 2.55. The number of rotatable bonds is 2. The molecule has 0 spiro atoms. The maximum absolute atomic E-state index is 11.7. The van der Waals surface area contributed by atoms with Crippen molar-refractivity contribution in [2.24, 2.45) is 5.10 Å². The summed E-state index contributed by atoms with van der Waals surface area (Å²) < 4.78 is 39.1. The molecule has 7 heteroatoms. The molecule has 15 heavy (non-hydrogen) atoms. The zero-order valence-corrected chi connectivity index (χ0v) is 7.41. The Morgan fingerprint density at radius 3 is 2.87 bits per heavy atom. The molecule has 0 bridgehead atoms. The van der Waals surface area contributed by atoms with E-state index in [2.05, 4.69) is 15.3 Å². The third-order valence-electron chi connectivity index (χ3n) is 1.31. The highest BCUT2D eigenvalue weighted by atomic mass is 19.4. The Hall–Kier alpha value is -1.79. The highest BCUT2D eigenvalue weighted by molar-refractivity contribution is 5.89. The number of allylic oxidation sites excluding steroid dienone is 3. The maximum atomic E-state index is 11.7. The van der Waals surface area contributed by atoms with Crippen LogP contribution in [-0.2, 0) is 9.53 Å². The quantitative estimate of drug-likeness (QED) is 0.709. The van der Waals surface area contributed by atoms with Gasteiger partial charge in [0, 0.05) is 6.21 Å². The van der Waals surface area contributed by atoms with Gasteiger partial charge in [-0.05, 0) is 12.2 Å². The van der Waals surface area contributed by atoms with Gasteiger partial charge in [-0.2, -0.15) is 18.3 Å². The SMILES string of the molecule is O=C(OCC(F)(F)F)C1=CC=CC=NN1. The predicted octanol–water partition coefficient (Wildman–Crippen LogP) is 1.12. The maximum Gasteiger partial charge on any atom is 0.422 e. The van der Waals surface area contributed by atoms with Gasteiger partial charge in [-0.15, -0.1) is 0 Å². The molecule has 0 saturated carbocycles. The van der Waals surface area contributed by atoms with Crippen LogP contribution in [-0.4, -0.2) is 25.0 Å². The van der Waals surface area contributed by atoms with Crippen LogP contribution in [0.5, 0.6) is 0 Å². The van der Waals surface area contributed by atoms with E-state index in [0.29, 0.717) is 0 Å². The average molecular weight is 220 g/mol. The second-order valence-electron chi connectivity index (χ2n) is 2.55. The third kappa shape index (κ3) is 4.30. The lowest BCUT2D eigenvalue weighted by atomic mass is 10.4.